The highest BCUT2D eigenvalue weighted by Crippen LogP contribution is 2.65. The van der Waals surface area contributed by atoms with Crippen LogP contribution in [-0.2, 0) is 0 Å². The number of allylic oxidation sites excluding steroid dienone is 2. The Hall–Kier alpha value is -0.700. The van der Waals surface area contributed by atoms with Crippen molar-refractivity contribution in [1.82, 2.24) is 0 Å². The van der Waals surface area contributed by atoms with Crippen molar-refractivity contribution >= 4 is 0 Å². The number of rotatable bonds is 0. The maximum Gasteiger partial charge on any atom is 0.0811 e. The molecule has 0 aromatic carbocycles. The second-order valence-electron chi connectivity index (χ2n) is 10.2. The fourth-order valence-corrected chi connectivity index (χ4v) is 7.38. The molecule has 0 saturated heterocycles. The van der Waals surface area contributed by atoms with Gasteiger partial charge in [0.15, 0.2) is 0 Å². The molecule has 0 spiro atoms. The van der Waals surface area contributed by atoms with Crippen molar-refractivity contribution < 1.29 is 0 Å². The molecule has 7 unspecified atom stereocenters. The molecule has 0 amide bonds. The van der Waals surface area contributed by atoms with Crippen LogP contribution in [0.3, 0.4) is 0 Å². The number of fused-ring (bicyclic) bond motifs is 5. The second-order valence-corrected chi connectivity index (χ2v) is 10.2. The Kier molecular flexibility index (Phi) is 3.74. The molecule has 148 valence electrons. The quantitative estimate of drug-likeness (QED) is 0.269. The van der Waals surface area contributed by atoms with Gasteiger partial charge >= 0.3 is 0 Å². The predicted molar refractivity (Wildman–Crippen MR) is 104 cm³/mol. The van der Waals surface area contributed by atoms with Gasteiger partial charge in [0.2, 0.25) is 0 Å². The van der Waals surface area contributed by atoms with Gasteiger partial charge in [0, 0.05) is 23.2 Å². The van der Waals surface area contributed by atoms with Crippen molar-refractivity contribution in [2.45, 2.75) is 75.3 Å². The average Bonchev–Trinajstić information content (AvgIpc) is 2.89. The zero-order chi connectivity index (χ0) is 19.3. The molecule has 0 heterocycles. The van der Waals surface area contributed by atoms with Gasteiger partial charge in [-0.3, -0.25) is 0 Å². The standard InChI is InChI=1S/C19H37N7/c1-16-6-5-10-12(9(16)3-4-11(16)20)13(21)14(22)19(26)15(23)18(24,25)8-7-17(10,19)2/h4,9-10,12-15H,3,5-8,20-26H2,1-2H3/t9?,10?,12?,13?,14?,15?,16-,17+,19?/m0/s1. The van der Waals surface area contributed by atoms with Crippen molar-refractivity contribution in [3.05, 3.63) is 11.8 Å². The highest BCUT2D eigenvalue weighted by molar-refractivity contribution is 5.31. The Labute approximate surface area is 156 Å². The van der Waals surface area contributed by atoms with E-state index in [1.165, 1.54) is 0 Å². The fourth-order valence-electron chi connectivity index (χ4n) is 7.38. The van der Waals surface area contributed by atoms with Gasteiger partial charge in [-0.1, -0.05) is 19.9 Å². The van der Waals surface area contributed by atoms with Crippen LogP contribution in [0.5, 0.6) is 0 Å². The van der Waals surface area contributed by atoms with Gasteiger partial charge in [-0.25, -0.2) is 0 Å². The molecule has 7 nitrogen and oxygen atoms in total. The molecule has 14 N–H and O–H groups in total. The molecule has 0 bridgehead atoms. The monoisotopic (exact) mass is 363 g/mol. The SMILES string of the molecule is C[C@]12CCC3C(C(N)C(N)C4(N)C(N)C(N)(N)CC[C@]34C)C1CC=C2N. The minimum absolute atomic E-state index is 0.0196. The van der Waals surface area contributed by atoms with Gasteiger partial charge in [0.25, 0.3) is 0 Å². The van der Waals surface area contributed by atoms with Gasteiger partial charge in [-0.2, -0.15) is 0 Å². The van der Waals surface area contributed by atoms with E-state index in [1.807, 2.05) is 0 Å². The molecule has 9 atom stereocenters. The highest BCUT2D eigenvalue weighted by Gasteiger charge is 2.71. The van der Waals surface area contributed by atoms with Crippen LogP contribution in [0.4, 0.5) is 0 Å². The molecule has 4 rings (SSSR count). The van der Waals surface area contributed by atoms with E-state index >= 15 is 0 Å². The van der Waals surface area contributed by atoms with Crippen LogP contribution in [0.1, 0.15) is 46.0 Å². The van der Waals surface area contributed by atoms with Gasteiger partial charge < -0.3 is 40.1 Å². The summed E-state index contributed by atoms with van der Waals surface area (Å²) in [5, 5.41) is 0. The van der Waals surface area contributed by atoms with E-state index in [0.717, 1.165) is 31.4 Å². The summed E-state index contributed by atoms with van der Waals surface area (Å²) >= 11 is 0. The van der Waals surface area contributed by atoms with E-state index in [-0.39, 0.29) is 22.8 Å². The summed E-state index contributed by atoms with van der Waals surface area (Å²) < 4.78 is 0. The van der Waals surface area contributed by atoms with Crippen LogP contribution in [0.15, 0.2) is 11.8 Å². The molecular weight excluding hydrogens is 326 g/mol. The van der Waals surface area contributed by atoms with Crippen molar-refractivity contribution in [3.63, 3.8) is 0 Å². The summed E-state index contributed by atoms with van der Waals surface area (Å²) in [4.78, 5) is 0. The minimum atomic E-state index is -1.01. The third-order valence-corrected chi connectivity index (χ3v) is 9.36. The van der Waals surface area contributed by atoms with Crippen molar-refractivity contribution in [2.75, 3.05) is 0 Å². The lowest BCUT2D eigenvalue weighted by molar-refractivity contribution is -0.148. The first-order chi connectivity index (χ1) is 11.9. The van der Waals surface area contributed by atoms with Crippen LogP contribution < -0.4 is 40.1 Å². The van der Waals surface area contributed by atoms with Crippen LogP contribution in [0, 0.1) is 28.6 Å². The molecule has 4 aliphatic carbocycles. The van der Waals surface area contributed by atoms with E-state index in [0.29, 0.717) is 18.3 Å². The summed E-state index contributed by atoms with van der Waals surface area (Å²) in [6.07, 6.45) is 6.74. The van der Waals surface area contributed by atoms with Crippen LogP contribution >= 0.6 is 0 Å². The molecular formula is C19H37N7. The summed E-state index contributed by atoms with van der Waals surface area (Å²) in [6, 6.07) is -1.27. The minimum Gasteiger partial charge on any atom is -0.402 e. The molecule has 4 aliphatic rings. The smallest absolute Gasteiger partial charge is 0.0811 e. The summed E-state index contributed by atoms with van der Waals surface area (Å²) in [7, 11) is 0. The maximum atomic E-state index is 7.03. The largest absolute Gasteiger partial charge is 0.402 e. The van der Waals surface area contributed by atoms with Gasteiger partial charge in [-0.05, 0) is 55.3 Å². The Balaban J connectivity index is 1.80. The molecule has 0 radical (unpaired) electrons. The first-order valence-electron chi connectivity index (χ1n) is 10.0. The maximum absolute atomic E-state index is 7.03. The summed E-state index contributed by atoms with van der Waals surface area (Å²) in [5.74, 6) is 1.07. The Bertz CT molecular complexity index is 648. The third-order valence-electron chi connectivity index (χ3n) is 9.36. The topological polar surface area (TPSA) is 182 Å². The molecule has 3 fully saturated rings. The first kappa shape index (κ1) is 18.7. The van der Waals surface area contributed by atoms with Crippen molar-refractivity contribution in [1.29, 1.82) is 0 Å². The average molecular weight is 364 g/mol. The van der Waals surface area contributed by atoms with Crippen LogP contribution in [0.2, 0.25) is 0 Å². The first-order valence-corrected chi connectivity index (χ1v) is 10.0. The van der Waals surface area contributed by atoms with E-state index in [1.54, 1.807) is 0 Å². The highest BCUT2D eigenvalue weighted by atomic mass is 15.1. The zero-order valence-electron chi connectivity index (χ0n) is 16.1. The van der Waals surface area contributed by atoms with Crippen molar-refractivity contribution in [2.24, 2.45) is 68.7 Å². The van der Waals surface area contributed by atoms with E-state index in [2.05, 4.69) is 19.9 Å². The lowest BCUT2D eigenvalue weighted by atomic mass is 9.39. The van der Waals surface area contributed by atoms with E-state index in [4.69, 9.17) is 40.1 Å². The molecule has 7 heteroatoms. The van der Waals surface area contributed by atoms with E-state index < -0.39 is 23.3 Å². The Morgan fingerprint density at radius 3 is 2.27 bits per heavy atom. The predicted octanol–water partition coefficient (Wildman–Crippen LogP) is -1.01. The van der Waals surface area contributed by atoms with Gasteiger partial charge in [0.1, 0.15) is 0 Å². The second kappa shape index (κ2) is 5.21. The normalized spacial score (nSPS) is 58.4. The fraction of sp³-hybridized carbons (Fsp3) is 0.895. The molecule has 0 aromatic heterocycles. The number of hydrogen-bond acceptors (Lipinski definition) is 7. The Morgan fingerprint density at radius 1 is 0.962 bits per heavy atom. The van der Waals surface area contributed by atoms with Gasteiger partial charge in [-0.15, -0.1) is 0 Å². The van der Waals surface area contributed by atoms with Crippen molar-refractivity contribution in [3.8, 4) is 0 Å². The molecule has 0 aliphatic heterocycles. The third kappa shape index (κ3) is 1.89. The Morgan fingerprint density at radius 2 is 1.62 bits per heavy atom. The molecule has 0 aromatic rings. The van der Waals surface area contributed by atoms with Crippen LogP contribution in [0.25, 0.3) is 0 Å². The summed E-state index contributed by atoms with van der Waals surface area (Å²) in [5.41, 5.74) is 45.1. The lowest BCUT2D eigenvalue weighted by Crippen LogP contribution is -2.90. The number of nitrogens with two attached hydrogens (primary N) is 7. The number of hydrogen-bond donors (Lipinski definition) is 7. The van der Waals surface area contributed by atoms with Gasteiger partial charge in [0.05, 0.1) is 17.2 Å². The zero-order valence-corrected chi connectivity index (χ0v) is 16.1. The lowest BCUT2D eigenvalue weighted by Gasteiger charge is -2.70. The van der Waals surface area contributed by atoms with E-state index in [9.17, 15) is 0 Å². The molecule has 26 heavy (non-hydrogen) atoms. The molecule has 3 saturated carbocycles. The summed E-state index contributed by atoms with van der Waals surface area (Å²) in [6.45, 7) is 4.54. The van der Waals surface area contributed by atoms with Crippen LogP contribution in [-0.4, -0.2) is 29.3 Å².